The maximum atomic E-state index is 14.2. The zero-order valence-electron chi connectivity index (χ0n) is 24.0. The zero-order chi connectivity index (χ0) is 31.0. The summed E-state index contributed by atoms with van der Waals surface area (Å²) in [6, 6.07) is 4.25. The molecule has 1 atom stereocenters. The predicted octanol–water partition coefficient (Wildman–Crippen LogP) is 6.78. The lowest BCUT2D eigenvalue weighted by Gasteiger charge is -2.36. The van der Waals surface area contributed by atoms with Crippen molar-refractivity contribution in [1.82, 2.24) is 10.3 Å². The molecule has 1 saturated carbocycles. The Hall–Kier alpha value is -3.37. The van der Waals surface area contributed by atoms with Crippen molar-refractivity contribution in [3.63, 3.8) is 0 Å². The van der Waals surface area contributed by atoms with Crippen molar-refractivity contribution in [2.24, 2.45) is 5.41 Å². The van der Waals surface area contributed by atoms with Crippen LogP contribution in [-0.2, 0) is 26.0 Å². The molecule has 1 aliphatic rings. The largest absolute Gasteiger partial charge is 0.416 e. The Balaban J connectivity index is 2.22. The van der Waals surface area contributed by atoms with Crippen molar-refractivity contribution in [3.05, 3.63) is 59.4 Å². The Labute approximate surface area is 236 Å². The summed E-state index contributed by atoms with van der Waals surface area (Å²) in [5.74, 6) is -6.05. The number of ketones is 1. The molecule has 0 saturated heterocycles. The number of Topliss-reactive ketones (excluding diaryl/α,β-unsaturated/α-hetero) is 1. The van der Waals surface area contributed by atoms with Gasteiger partial charge in [-0.05, 0) is 42.0 Å². The Morgan fingerprint density at radius 3 is 2.00 bits per heavy atom. The molecule has 6 nitrogen and oxygen atoms in total. The number of hydrogen-bond donors (Lipinski definition) is 1. The fraction of sp³-hybridized carbons (Fsp3) is 0.533. The van der Waals surface area contributed by atoms with E-state index in [1.54, 1.807) is 12.1 Å². The molecule has 1 unspecified atom stereocenters. The number of alkyl halides is 5. The van der Waals surface area contributed by atoms with Crippen molar-refractivity contribution in [1.29, 1.82) is 0 Å². The molecule has 0 aliphatic heterocycles. The van der Waals surface area contributed by atoms with Crippen LogP contribution in [0.15, 0.2) is 42.7 Å². The number of rotatable bonds is 6. The van der Waals surface area contributed by atoms with E-state index in [1.807, 2.05) is 20.8 Å². The monoisotopic (exact) mass is 581 g/mol. The zero-order valence-corrected chi connectivity index (χ0v) is 24.0. The molecule has 11 heteroatoms. The number of anilines is 1. The number of carbonyl (C=O) groups is 3. The van der Waals surface area contributed by atoms with Crippen molar-refractivity contribution >= 4 is 23.3 Å². The van der Waals surface area contributed by atoms with E-state index >= 15 is 0 Å². The minimum Gasteiger partial charge on any atom is -0.351 e. The second-order valence-corrected chi connectivity index (χ2v) is 12.6. The number of carbonyl (C=O) groups excluding carboxylic acids is 3. The average Bonchev–Trinajstić information content (AvgIpc) is 2.86. The lowest BCUT2D eigenvalue weighted by molar-refractivity contribution is -0.142. The van der Waals surface area contributed by atoms with Gasteiger partial charge in [0.15, 0.2) is 0 Å². The summed E-state index contributed by atoms with van der Waals surface area (Å²) >= 11 is 0. The maximum Gasteiger partial charge on any atom is 0.416 e. The molecule has 1 aliphatic carbocycles. The summed E-state index contributed by atoms with van der Waals surface area (Å²) in [5, 5.41) is 2.58. The first kappa shape index (κ1) is 32.1. The van der Waals surface area contributed by atoms with Crippen molar-refractivity contribution < 1.29 is 36.3 Å². The second-order valence-electron chi connectivity index (χ2n) is 12.6. The molecule has 0 radical (unpaired) electrons. The van der Waals surface area contributed by atoms with Crippen molar-refractivity contribution in [3.8, 4) is 0 Å². The minimum atomic E-state index is -4.93. The minimum absolute atomic E-state index is 0.0212. The highest BCUT2D eigenvalue weighted by molar-refractivity contribution is 6.43. The van der Waals surface area contributed by atoms with E-state index in [-0.39, 0.29) is 23.9 Å². The van der Waals surface area contributed by atoms with Crippen LogP contribution < -0.4 is 10.2 Å². The van der Waals surface area contributed by atoms with E-state index in [0.717, 1.165) is 22.9 Å². The van der Waals surface area contributed by atoms with Gasteiger partial charge in [0.05, 0.1) is 5.56 Å². The third-order valence-corrected chi connectivity index (χ3v) is 7.13. The molecule has 0 spiro atoms. The number of halogens is 5. The number of hydrogen-bond acceptors (Lipinski definition) is 4. The molecule has 1 heterocycles. The van der Waals surface area contributed by atoms with Gasteiger partial charge >= 0.3 is 6.18 Å². The standard InChI is InChI=1S/C30H36F5N3O3/c1-27(2,3)18-7-9-20(10-8-18)38(26(41)24(39)28(4,5)6)23(21-17-36-16-13-22(21)30(33,34)35)25(40)37-19-11-14-29(31,32)15-12-19/h7-10,13,16-17,19,23H,11-12,14-15H2,1-6H3,(H,37,40). The van der Waals surface area contributed by atoms with Crippen LogP contribution >= 0.6 is 0 Å². The van der Waals surface area contributed by atoms with Crippen LogP contribution in [0.3, 0.4) is 0 Å². The molecular formula is C30H36F5N3O3. The summed E-state index contributed by atoms with van der Waals surface area (Å²) in [5.41, 5.74) is -2.52. The van der Waals surface area contributed by atoms with Gasteiger partial charge in [0.1, 0.15) is 6.04 Å². The molecule has 1 N–H and O–H groups in total. The fourth-order valence-corrected chi connectivity index (χ4v) is 4.68. The third-order valence-electron chi connectivity index (χ3n) is 7.13. The van der Waals surface area contributed by atoms with Gasteiger partial charge in [-0.2, -0.15) is 13.2 Å². The van der Waals surface area contributed by atoms with Gasteiger partial charge < -0.3 is 5.32 Å². The van der Waals surface area contributed by atoms with E-state index < -0.39 is 71.2 Å². The van der Waals surface area contributed by atoms with E-state index in [1.165, 1.54) is 32.9 Å². The predicted molar refractivity (Wildman–Crippen MR) is 144 cm³/mol. The highest BCUT2D eigenvalue weighted by atomic mass is 19.4. The van der Waals surface area contributed by atoms with Crippen LogP contribution in [0, 0.1) is 5.41 Å². The topological polar surface area (TPSA) is 79.4 Å². The summed E-state index contributed by atoms with van der Waals surface area (Å²) in [6.07, 6.45) is -4.36. The fourth-order valence-electron chi connectivity index (χ4n) is 4.68. The first-order valence-corrected chi connectivity index (χ1v) is 13.4. The molecular weight excluding hydrogens is 545 g/mol. The number of nitrogens with zero attached hydrogens (tertiary/aromatic N) is 2. The first-order chi connectivity index (χ1) is 18.7. The maximum absolute atomic E-state index is 14.2. The van der Waals surface area contributed by atoms with Crippen molar-refractivity contribution in [2.45, 2.75) is 96.8 Å². The Morgan fingerprint density at radius 2 is 1.51 bits per heavy atom. The van der Waals surface area contributed by atoms with Gasteiger partial charge in [-0.15, -0.1) is 0 Å². The Morgan fingerprint density at radius 1 is 0.951 bits per heavy atom. The summed E-state index contributed by atoms with van der Waals surface area (Å²) in [6.45, 7) is 10.3. The number of pyridine rings is 1. The number of aromatic nitrogens is 1. The average molecular weight is 582 g/mol. The first-order valence-electron chi connectivity index (χ1n) is 13.4. The van der Waals surface area contributed by atoms with Crippen LogP contribution in [0.1, 0.15) is 90.0 Å². The highest BCUT2D eigenvalue weighted by Crippen LogP contribution is 2.39. The van der Waals surface area contributed by atoms with Crippen LogP contribution in [0.5, 0.6) is 0 Å². The Bertz CT molecular complexity index is 1270. The molecule has 1 aromatic carbocycles. The third kappa shape index (κ3) is 7.68. The molecule has 3 rings (SSSR count). The van der Waals surface area contributed by atoms with Gasteiger partial charge in [-0.1, -0.05) is 53.7 Å². The van der Waals surface area contributed by atoms with Crippen LogP contribution in [0.4, 0.5) is 27.6 Å². The molecule has 41 heavy (non-hydrogen) atoms. The van der Waals surface area contributed by atoms with E-state index in [4.69, 9.17) is 0 Å². The van der Waals surface area contributed by atoms with Gasteiger partial charge in [0.2, 0.25) is 17.6 Å². The van der Waals surface area contributed by atoms with Gasteiger partial charge in [0, 0.05) is 47.9 Å². The Kier molecular flexibility index (Phi) is 9.01. The second kappa shape index (κ2) is 11.5. The van der Waals surface area contributed by atoms with Crippen LogP contribution in [-0.4, -0.2) is 34.5 Å². The summed E-state index contributed by atoms with van der Waals surface area (Å²) in [4.78, 5) is 45.5. The van der Waals surface area contributed by atoms with Gasteiger partial charge in [-0.3, -0.25) is 24.3 Å². The van der Waals surface area contributed by atoms with Crippen LogP contribution in [0.25, 0.3) is 0 Å². The normalized spacial score (nSPS) is 17.0. The lowest BCUT2D eigenvalue weighted by Crippen LogP contribution is -2.51. The van der Waals surface area contributed by atoms with Gasteiger partial charge in [-0.25, -0.2) is 8.78 Å². The molecule has 224 valence electrons. The van der Waals surface area contributed by atoms with Gasteiger partial charge in [0.25, 0.3) is 5.91 Å². The molecule has 2 amide bonds. The lowest BCUT2D eigenvalue weighted by atomic mass is 9.86. The number of amides is 2. The number of benzene rings is 1. The van der Waals surface area contributed by atoms with Crippen LogP contribution in [0.2, 0.25) is 0 Å². The molecule has 0 bridgehead atoms. The quantitative estimate of drug-likeness (QED) is 0.301. The van der Waals surface area contributed by atoms with E-state index in [2.05, 4.69) is 10.3 Å². The van der Waals surface area contributed by atoms with Crippen molar-refractivity contribution in [2.75, 3.05) is 4.90 Å². The summed E-state index contributed by atoms with van der Waals surface area (Å²) in [7, 11) is 0. The molecule has 1 aromatic heterocycles. The molecule has 2 aromatic rings. The number of nitrogens with one attached hydrogen (secondary N) is 1. The smallest absolute Gasteiger partial charge is 0.351 e. The van der Waals surface area contributed by atoms with E-state index in [0.29, 0.717) is 6.07 Å². The molecule has 1 fully saturated rings. The van der Waals surface area contributed by atoms with E-state index in [9.17, 15) is 36.3 Å². The summed E-state index contributed by atoms with van der Waals surface area (Å²) < 4.78 is 70.1. The SMILES string of the molecule is CC(C)(C)C(=O)C(=O)N(c1ccc(C(C)(C)C)cc1)C(C(=O)NC1CCC(F)(F)CC1)c1cnccc1C(F)(F)F. The highest BCUT2D eigenvalue weighted by Gasteiger charge is 2.45.